The zero-order valence-corrected chi connectivity index (χ0v) is 40.0. The first-order valence-electron chi connectivity index (χ1n) is 21.4. The van der Waals surface area contributed by atoms with Gasteiger partial charge in [-0.15, -0.1) is 0 Å². The molecule has 330 valence electrons. The Morgan fingerprint density at radius 2 is 1.25 bits per heavy atom. The van der Waals surface area contributed by atoms with Crippen LogP contribution in [0.25, 0.3) is 11.0 Å². The Balaban J connectivity index is 0.000000195. The fraction of sp³-hybridized carbons (Fsp3) is 0.429. The van der Waals surface area contributed by atoms with Crippen LogP contribution >= 0.6 is 23.2 Å². The summed E-state index contributed by atoms with van der Waals surface area (Å²) < 4.78 is 29.9. The maximum absolute atomic E-state index is 12.6. The molecule has 10 atom stereocenters. The maximum Gasteiger partial charge on any atom is 1.00 e. The van der Waals surface area contributed by atoms with Crippen LogP contribution in [-0.2, 0) is 20.7 Å². The SMILES string of the molecule is C.C1=Nc2ccccc2C1.CCC(NC(=O)c1ccc(Cl)cc1)C1[C@H]2CC(OS(C)(=O)=O)C[C@@H]12.CCC(NC(=O)c1ccc(Cl)cc1)C1[C@H]2CC(n3cnc4ccccc43)C[C@@H]12.[H-].[Na+]. The number of benzene rings is 4. The van der Waals surface area contributed by atoms with Gasteiger partial charge in [0, 0.05) is 51.9 Å². The second-order valence-electron chi connectivity index (χ2n) is 17.1. The van der Waals surface area contributed by atoms with Crippen molar-refractivity contribution in [3.05, 3.63) is 130 Å². The molecule has 2 heterocycles. The second kappa shape index (κ2) is 21.2. The smallest absolute Gasteiger partial charge is 1.00 e. The van der Waals surface area contributed by atoms with Crippen LogP contribution in [0, 0.1) is 35.5 Å². The van der Waals surface area contributed by atoms with Gasteiger partial charge < -0.3 is 16.6 Å². The number of carbonyl (C=O) groups is 2. The molecule has 1 aromatic heterocycles. The molecular formula is C49H58Cl2N5NaO5S. The van der Waals surface area contributed by atoms with Crippen molar-refractivity contribution in [3.8, 4) is 0 Å². The number of para-hydroxylation sites is 3. The number of amides is 2. The standard InChI is InChI=1S/C23H24ClN3O.C17H22ClNO4S.C8H7N.CH4.Na.H/c1-2-19(26-23(28)14-7-9-15(24)10-8-14)22-17-11-16(12-18(17)22)27-13-25-20-5-3-4-6-21(20)27;1-3-15(19-17(20)10-4-6-11(18)7-5-10)16-13-8-12(9-14(13)16)23-24(2,21)22;1-2-4-8-7(3-1)5-6-9-8;;;/h3-10,13,16-19,22H,2,11-12H2,1H3,(H,26,28);4-7,12-16H,3,8-9H2,1-2H3,(H,19,20);1-4,6H,5H2;1H4;;/q;;;;+1;-1/t16?,17-,18+,19?,22?;12?,13-,14+,15?,16?;;;;. The van der Waals surface area contributed by atoms with Crippen molar-refractivity contribution in [2.75, 3.05) is 6.26 Å². The molecule has 5 aromatic rings. The number of hydrogen-bond acceptors (Lipinski definition) is 7. The molecule has 0 bridgehead atoms. The van der Waals surface area contributed by atoms with E-state index in [0.29, 0.717) is 62.7 Å². The molecule has 2 N–H and O–H groups in total. The van der Waals surface area contributed by atoms with E-state index in [9.17, 15) is 18.0 Å². The van der Waals surface area contributed by atoms with Crippen LogP contribution in [0.2, 0.25) is 10.0 Å². The molecule has 6 unspecified atom stereocenters. The van der Waals surface area contributed by atoms with E-state index in [4.69, 9.17) is 27.4 Å². The third-order valence-electron chi connectivity index (χ3n) is 13.3. The van der Waals surface area contributed by atoms with Crippen molar-refractivity contribution < 1.29 is 53.2 Å². The maximum atomic E-state index is 12.6. The van der Waals surface area contributed by atoms with Crippen LogP contribution in [0.15, 0.2) is 108 Å². The quantitative estimate of drug-likeness (QED) is 0.104. The average Bonchev–Trinajstić information content (AvgIpc) is 3.68. The number of aliphatic imine (C=N–C) groups is 1. The molecule has 10 rings (SSSR count). The number of halogens is 2. The Morgan fingerprint density at radius 1 is 0.762 bits per heavy atom. The van der Waals surface area contributed by atoms with E-state index >= 15 is 0 Å². The molecule has 0 spiro atoms. The molecular weight excluding hydrogens is 865 g/mol. The van der Waals surface area contributed by atoms with Crippen LogP contribution in [0.5, 0.6) is 0 Å². The number of aromatic nitrogens is 2. The van der Waals surface area contributed by atoms with Gasteiger partial charge in [-0.2, -0.15) is 8.42 Å². The first-order valence-corrected chi connectivity index (χ1v) is 24.0. The minimum absolute atomic E-state index is 0. The van der Waals surface area contributed by atoms with E-state index in [1.54, 1.807) is 48.5 Å². The Morgan fingerprint density at radius 3 is 1.76 bits per heavy atom. The number of imidazole rings is 1. The van der Waals surface area contributed by atoms with Crippen molar-refractivity contribution in [3.63, 3.8) is 0 Å². The van der Waals surface area contributed by atoms with Crippen molar-refractivity contribution in [2.24, 2.45) is 40.5 Å². The Hall–Kier alpha value is -3.55. The third kappa shape index (κ3) is 11.6. The summed E-state index contributed by atoms with van der Waals surface area (Å²) in [6.45, 7) is 4.23. The zero-order chi connectivity index (χ0) is 42.8. The van der Waals surface area contributed by atoms with Crippen LogP contribution in [-0.4, -0.2) is 60.4 Å². The van der Waals surface area contributed by atoms with Gasteiger partial charge in [-0.05, 0) is 146 Å². The summed E-state index contributed by atoms with van der Waals surface area (Å²) in [7, 11) is -3.39. The minimum atomic E-state index is -3.39. The molecule has 4 aliphatic carbocycles. The number of rotatable bonds is 11. The molecule has 2 amide bonds. The molecule has 5 aliphatic rings. The second-order valence-corrected chi connectivity index (χ2v) is 19.6. The van der Waals surface area contributed by atoms with E-state index in [0.717, 1.165) is 49.6 Å². The minimum Gasteiger partial charge on any atom is -1.00 e. The molecule has 1 aliphatic heterocycles. The van der Waals surface area contributed by atoms with Crippen LogP contribution < -0.4 is 40.2 Å². The van der Waals surface area contributed by atoms with E-state index in [1.165, 1.54) is 23.9 Å². The zero-order valence-electron chi connectivity index (χ0n) is 36.7. The van der Waals surface area contributed by atoms with Crippen molar-refractivity contribution >= 4 is 68.1 Å². The topological polar surface area (TPSA) is 132 Å². The summed E-state index contributed by atoms with van der Waals surface area (Å²) in [6.07, 6.45) is 11.6. The predicted molar refractivity (Wildman–Crippen MR) is 250 cm³/mol. The fourth-order valence-corrected chi connectivity index (χ4v) is 11.3. The van der Waals surface area contributed by atoms with Crippen LogP contribution in [0.4, 0.5) is 5.69 Å². The van der Waals surface area contributed by atoms with E-state index in [2.05, 4.69) is 63.3 Å². The van der Waals surface area contributed by atoms with Crippen LogP contribution in [0.3, 0.4) is 0 Å². The van der Waals surface area contributed by atoms with Gasteiger partial charge in [0.2, 0.25) is 0 Å². The molecule has 4 fully saturated rings. The molecule has 14 heteroatoms. The number of nitrogens with zero attached hydrogens (tertiary/aromatic N) is 3. The van der Waals surface area contributed by atoms with E-state index in [1.807, 2.05) is 36.8 Å². The van der Waals surface area contributed by atoms with Gasteiger partial charge in [-0.1, -0.05) is 74.8 Å². The first kappa shape index (κ1) is 48.9. The molecule has 4 saturated carbocycles. The van der Waals surface area contributed by atoms with Gasteiger partial charge in [-0.3, -0.25) is 18.8 Å². The first-order chi connectivity index (χ1) is 29.4. The van der Waals surface area contributed by atoms with Gasteiger partial charge >= 0.3 is 29.6 Å². The normalized spacial score (nSPS) is 25.2. The van der Waals surface area contributed by atoms with Crippen molar-refractivity contribution in [1.82, 2.24) is 20.2 Å². The van der Waals surface area contributed by atoms with Crippen molar-refractivity contribution in [1.29, 1.82) is 0 Å². The molecule has 4 aromatic carbocycles. The van der Waals surface area contributed by atoms with E-state index < -0.39 is 10.1 Å². The summed E-state index contributed by atoms with van der Waals surface area (Å²) in [5.74, 6) is 3.26. The Bertz CT molecular complexity index is 2480. The van der Waals surface area contributed by atoms with E-state index in [-0.39, 0.29) is 68.4 Å². The number of fused-ring (bicyclic) bond motifs is 4. The average molecular weight is 923 g/mol. The monoisotopic (exact) mass is 921 g/mol. The fourth-order valence-electron chi connectivity index (χ4n) is 10.4. The van der Waals surface area contributed by atoms with Crippen molar-refractivity contribution in [2.45, 2.75) is 90.4 Å². The van der Waals surface area contributed by atoms with Gasteiger partial charge in [0.15, 0.2) is 0 Å². The summed E-state index contributed by atoms with van der Waals surface area (Å²) in [5, 5.41) is 7.64. The van der Waals surface area contributed by atoms with Gasteiger partial charge in [-0.25, -0.2) is 4.98 Å². The summed E-state index contributed by atoms with van der Waals surface area (Å²) in [6, 6.07) is 31.4. The third-order valence-corrected chi connectivity index (χ3v) is 14.5. The summed E-state index contributed by atoms with van der Waals surface area (Å²) in [5.41, 5.74) is 6.06. The molecule has 0 radical (unpaired) electrons. The predicted octanol–water partition coefficient (Wildman–Crippen LogP) is 7.64. The number of nitrogens with one attached hydrogen (secondary N) is 2. The van der Waals surface area contributed by atoms with Crippen LogP contribution in [0.1, 0.15) is 93.5 Å². The van der Waals surface area contributed by atoms with Gasteiger partial charge in [0.1, 0.15) is 0 Å². The molecule has 63 heavy (non-hydrogen) atoms. The van der Waals surface area contributed by atoms with Gasteiger partial charge in [0.25, 0.3) is 21.9 Å². The molecule has 10 nitrogen and oxygen atoms in total. The summed E-state index contributed by atoms with van der Waals surface area (Å²) in [4.78, 5) is 33.7. The summed E-state index contributed by atoms with van der Waals surface area (Å²) >= 11 is 11.8. The number of carbonyl (C=O) groups excluding carboxylic acids is 2. The number of hydrogen-bond donors (Lipinski definition) is 2. The molecule has 0 saturated heterocycles. The Kier molecular flexibility index (Phi) is 16.4. The van der Waals surface area contributed by atoms with Gasteiger partial charge in [0.05, 0.1) is 35.4 Å². The Labute approximate surface area is 405 Å². The largest absolute Gasteiger partial charge is 1.00 e.